The van der Waals surface area contributed by atoms with Gasteiger partial charge in [0, 0.05) is 39.0 Å². The molecule has 0 fully saturated rings. The minimum atomic E-state index is -0.600. The number of nitrogens with zero attached hydrogens (tertiary/aromatic N) is 1. The number of amides is 3. The number of benzene rings is 5. The van der Waals surface area contributed by atoms with E-state index < -0.39 is 22.0 Å². The number of aryl methyl sites for hydroxylation is 1. The molecule has 0 aliphatic carbocycles. The van der Waals surface area contributed by atoms with Crippen molar-refractivity contribution < 1.29 is 19.3 Å². The summed E-state index contributed by atoms with van der Waals surface area (Å²) in [4.78, 5) is 51.3. The maximum absolute atomic E-state index is 13.6. The van der Waals surface area contributed by atoms with Crippen LogP contribution in [0.2, 0.25) is 5.02 Å². The van der Waals surface area contributed by atoms with Crippen molar-refractivity contribution in [3.05, 3.63) is 170 Å². The van der Waals surface area contributed by atoms with Gasteiger partial charge in [0.25, 0.3) is 17.5 Å². The van der Waals surface area contributed by atoms with Crippen molar-refractivity contribution in [1.82, 2.24) is 5.32 Å². The molecule has 0 saturated heterocycles. The normalized spacial score (nSPS) is 11.7. The van der Waals surface area contributed by atoms with E-state index in [2.05, 4.69) is 16.0 Å². The summed E-state index contributed by atoms with van der Waals surface area (Å²) in [6.07, 6.45) is 1.44. The number of nitro groups is 1. The summed E-state index contributed by atoms with van der Waals surface area (Å²) < 4.78 is 0. The molecule has 5 aromatic carbocycles. The summed E-state index contributed by atoms with van der Waals surface area (Å²) in [5.74, 6) is -1.32. The van der Waals surface area contributed by atoms with E-state index in [0.29, 0.717) is 27.5 Å². The molecule has 1 unspecified atom stereocenters. The number of hydrogen-bond acceptors (Lipinski definition) is 6. The quantitative estimate of drug-likeness (QED) is 0.0557. The lowest BCUT2D eigenvalue weighted by molar-refractivity contribution is -0.384. The lowest BCUT2D eigenvalue weighted by Crippen LogP contribution is -2.30. The molecule has 0 saturated carbocycles. The van der Waals surface area contributed by atoms with Crippen LogP contribution in [0.5, 0.6) is 0 Å². The summed E-state index contributed by atoms with van der Waals surface area (Å²) in [7, 11) is 0. The first-order chi connectivity index (χ1) is 23.2. The minimum absolute atomic E-state index is 0.0618. The number of carbonyl (C=O) groups excluding carboxylic acids is 3. The van der Waals surface area contributed by atoms with Gasteiger partial charge >= 0.3 is 0 Å². The number of anilines is 2. The van der Waals surface area contributed by atoms with E-state index in [-0.39, 0.29) is 17.3 Å². The summed E-state index contributed by atoms with van der Waals surface area (Å²) >= 11 is 7.52. The molecule has 3 amide bonds. The molecule has 0 aliphatic heterocycles. The number of non-ortho nitro benzene ring substituents is 1. The zero-order valence-corrected chi connectivity index (χ0v) is 27.1. The predicted molar refractivity (Wildman–Crippen MR) is 190 cm³/mol. The zero-order valence-electron chi connectivity index (χ0n) is 25.6. The van der Waals surface area contributed by atoms with Crippen LogP contribution in [0.1, 0.15) is 32.3 Å². The molecule has 0 spiro atoms. The van der Waals surface area contributed by atoms with Gasteiger partial charge in [-0.3, -0.25) is 24.5 Å². The number of nitrogens with one attached hydrogen (secondary N) is 3. The third-order valence-corrected chi connectivity index (χ3v) is 8.61. The molecule has 0 aliphatic rings. The molecule has 1 atom stereocenters. The van der Waals surface area contributed by atoms with Crippen LogP contribution in [-0.2, 0) is 9.59 Å². The van der Waals surface area contributed by atoms with Crippen LogP contribution in [0.15, 0.2) is 138 Å². The minimum Gasteiger partial charge on any atom is -0.325 e. The van der Waals surface area contributed by atoms with Crippen LogP contribution in [0.3, 0.4) is 0 Å². The maximum atomic E-state index is 13.6. The van der Waals surface area contributed by atoms with Crippen molar-refractivity contribution in [2.75, 3.05) is 10.6 Å². The highest BCUT2D eigenvalue weighted by molar-refractivity contribution is 8.00. The molecule has 0 radical (unpaired) electrons. The topological polar surface area (TPSA) is 130 Å². The van der Waals surface area contributed by atoms with E-state index in [1.54, 1.807) is 66.7 Å². The zero-order chi connectivity index (χ0) is 34.0. The SMILES string of the molecule is Cc1ccc(Cl)cc1NC(=O)C(Sc1ccc(NC(=O)/C(=C/c2ccc([N+](=O)[O-])cc2)NC(=O)c2ccccc2)cc1)c1ccccc1. The van der Waals surface area contributed by atoms with Crippen LogP contribution in [0.4, 0.5) is 17.1 Å². The van der Waals surface area contributed by atoms with E-state index in [1.165, 1.54) is 42.1 Å². The van der Waals surface area contributed by atoms with Gasteiger partial charge in [0.1, 0.15) is 10.9 Å². The first kappa shape index (κ1) is 33.6. The second kappa shape index (κ2) is 15.7. The molecule has 11 heteroatoms. The van der Waals surface area contributed by atoms with Crippen molar-refractivity contribution in [3.8, 4) is 0 Å². The van der Waals surface area contributed by atoms with Gasteiger partial charge in [0.15, 0.2) is 0 Å². The third-order valence-electron chi connectivity index (χ3n) is 7.11. The molecule has 0 aromatic heterocycles. The van der Waals surface area contributed by atoms with E-state index in [0.717, 1.165) is 16.0 Å². The number of nitro benzene ring substituents is 1. The van der Waals surface area contributed by atoms with Gasteiger partial charge in [-0.25, -0.2) is 0 Å². The highest BCUT2D eigenvalue weighted by Crippen LogP contribution is 2.37. The van der Waals surface area contributed by atoms with Crippen LogP contribution in [0.25, 0.3) is 6.08 Å². The van der Waals surface area contributed by atoms with Gasteiger partial charge in [-0.1, -0.05) is 66.2 Å². The van der Waals surface area contributed by atoms with Gasteiger partial charge in [0.05, 0.1) is 4.92 Å². The fraction of sp³-hybridized carbons (Fsp3) is 0.0541. The number of thioether (sulfide) groups is 1. The fourth-order valence-corrected chi connectivity index (χ4v) is 5.78. The summed E-state index contributed by atoms with van der Waals surface area (Å²) in [5.41, 5.74) is 3.43. The van der Waals surface area contributed by atoms with Crippen molar-refractivity contribution in [2.45, 2.75) is 17.1 Å². The van der Waals surface area contributed by atoms with Crippen LogP contribution in [0, 0.1) is 17.0 Å². The Morgan fingerprint density at radius 3 is 2.10 bits per heavy atom. The number of hydrogen-bond donors (Lipinski definition) is 3. The largest absolute Gasteiger partial charge is 0.325 e. The Bertz CT molecular complexity index is 1970. The van der Waals surface area contributed by atoms with Crippen molar-refractivity contribution in [3.63, 3.8) is 0 Å². The third kappa shape index (κ3) is 8.97. The van der Waals surface area contributed by atoms with Crippen LogP contribution < -0.4 is 16.0 Å². The number of halogens is 1. The Hall–Kier alpha value is -5.71. The Morgan fingerprint density at radius 1 is 0.812 bits per heavy atom. The number of carbonyl (C=O) groups is 3. The highest BCUT2D eigenvalue weighted by atomic mass is 35.5. The van der Waals surface area contributed by atoms with E-state index >= 15 is 0 Å². The monoisotopic (exact) mass is 676 g/mol. The number of rotatable bonds is 11. The van der Waals surface area contributed by atoms with Gasteiger partial charge in [-0.2, -0.15) is 0 Å². The van der Waals surface area contributed by atoms with Crippen molar-refractivity contribution in [2.24, 2.45) is 0 Å². The predicted octanol–water partition coefficient (Wildman–Crippen LogP) is 8.44. The lowest BCUT2D eigenvalue weighted by Gasteiger charge is -2.18. The highest BCUT2D eigenvalue weighted by Gasteiger charge is 2.23. The smallest absolute Gasteiger partial charge is 0.272 e. The second-order valence-corrected chi connectivity index (χ2v) is 12.2. The Kier molecular flexibility index (Phi) is 11.0. The Labute approximate surface area is 286 Å². The lowest BCUT2D eigenvalue weighted by atomic mass is 10.1. The summed E-state index contributed by atoms with van der Waals surface area (Å²) in [6.45, 7) is 1.89. The molecule has 48 heavy (non-hydrogen) atoms. The molecular formula is C37H29ClN4O5S. The average molecular weight is 677 g/mol. The van der Waals surface area contributed by atoms with E-state index in [1.807, 2.05) is 43.3 Å². The van der Waals surface area contributed by atoms with Crippen molar-refractivity contribution >= 4 is 64.2 Å². The van der Waals surface area contributed by atoms with Crippen molar-refractivity contribution in [1.29, 1.82) is 0 Å². The average Bonchev–Trinajstić information content (AvgIpc) is 3.10. The summed E-state index contributed by atoms with van der Waals surface area (Å²) in [5, 5.41) is 19.5. The van der Waals surface area contributed by atoms with Gasteiger partial charge in [0.2, 0.25) is 5.91 Å². The van der Waals surface area contributed by atoms with E-state index in [9.17, 15) is 24.5 Å². The summed E-state index contributed by atoms with van der Waals surface area (Å²) in [6, 6.07) is 35.7. The van der Waals surface area contributed by atoms with Gasteiger partial charge in [-0.05, 0) is 90.4 Å². The first-order valence-electron chi connectivity index (χ1n) is 14.7. The molecule has 0 bridgehead atoms. The first-order valence-corrected chi connectivity index (χ1v) is 15.9. The van der Waals surface area contributed by atoms with Crippen LogP contribution >= 0.6 is 23.4 Å². The van der Waals surface area contributed by atoms with Gasteiger partial charge in [-0.15, -0.1) is 11.8 Å². The van der Waals surface area contributed by atoms with Gasteiger partial charge < -0.3 is 16.0 Å². The molecule has 0 heterocycles. The fourth-order valence-electron chi connectivity index (χ4n) is 4.58. The molecule has 3 N–H and O–H groups in total. The molecular weight excluding hydrogens is 648 g/mol. The standard InChI is InChI=1S/C37H29ClN4O5S/c1-24-12-15-28(38)23-32(24)40-37(45)34(26-8-4-2-5-9-26)48-31-20-16-29(17-21-31)39-36(44)33(41-35(43)27-10-6-3-7-11-27)22-25-13-18-30(19-14-25)42(46)47/h2-23,34H,1H3,(H,39,44)(H,40,45)(H,41,43)/b33-22-. The second-order valence-electron chi connectivity index (χ2n) is 10.6. The Balaban J connectivity index is 1.34. The molecule has 5 rings (SSSR count). The molecule has 5 aromatic rings. The molecule has 9 nitrogen and oxygen atoms in total. The maximum Gasteiger partial charge on any atom is 0.272 e. The Morgan fingerprint density at radius 2 is 1.46 bits per heavy atom. The van der Waals surface area contributed by atoms with Crippen LogP contribution in [-0.4, -0.2) is 22.6 Å². The van der Waals surface area contributed by atoms with E-state index in [4.69, 9.17) is 11.6 Å². The molecule has 240 valence electrons.